The quantitative estimate of drug-likeness (QED) is 0.750. The number of aromatic nitrogens is 3. The number of benzene rings is 2. The number of rotatable bonds is 5. The summed E-state index contributed by atoms with van der Waals surface area (Å²) < 4.78 is 1.60. The van der Waals surface area contributed by atoms with Gasteiger partial charge < -0.3 is 10.2 Å². The highest BCUT2D eigenvalue weighted by molar-refractivity contribution is 6.30. The minimum Gasteiger partial charge on any atom is -0.378 e. The van der Waals surface area contributed by atoms with Gasteiger partial charge in [-0.1, -0.05) is 35.0 Å². The number of anilines is 1. The van der Waals surface area contributed by atoms with E-state index < -0.39 is 0 Å². The van der Waals surface area contributed by atoms with E-state index in [9.17, 15) is 4.79 Å². The van der Waals surface area contributed by atoms with Crippen LogP contribution in [0.15, 0.2) is 48.5 Å². The summed E-state index contributed by atoms with van der Waals surface area (Å²) in [7, 11) is 3.96. The normalized spacial score (nSPS) is 10.6. The molecule has 7 heteroatoms. The van der Waals surface area contributed by atoms with Crippen molar-refractivity contribution in [3.8, 4) is 5.69 Å². The fraction of sp³-hybridized carbons (Fsp3) is 0.211. The van der Waals surface area contributed by atoms with Gasteiger partial charge >= 0.3 is 0 Å². The predicted molar refractivity (Wildman–Crippen MR) is 103 cm³/mol. The molecule has 0 aliphatic heterocycles. The summed E-state index contributed by atoms with van der Waals surface area (Å²) in [5.74, 6) is -0.258. The zero-order valence-corrected chi connectivity index (χ0v) is 15.7. The first kappa shape index (κ1) is 17.9. The SMILES string of the molecule is Cc1c(C(=O)NCc2cccc(N(C)C)c2)nnn1-c1cccc(Cl)c1. The zero-order valence-electron chi connectivity index (χ0n) is 14.9. The molecule has 0 spiro atoms. The van der Waals surface area contributed by atoms with Gasteiger partial charge in [0, 0.05) is 31.4 Å². The number of halogens is 1. The summed E-state index contributed by atoms with van der Waals surface area (Å²) in [4.78, 5) is 14.5. The van der Waals surface area contributed by atoms with Crippen molar-refractivity contribution in [3.63, 3.8) is 0 Å². The first-order valence-corrected chi connectivity index (χ1v) is 8.56. The van der Waals surface area contributed by atoms with Crippen LogP contribution >= 0.6 is 11.6 Å². The maximum Gasteiger partial charge on any atom is 0.274 e. The summed E-state index contributed by atoms with van der Waals surface area (Å²) in [6, 6.07) is 15.3. The van der Waals surface area contributed by atoms with E-state index in [1.165, 1.54) is 0 Å². The van der Waals surface area contributed by atoms with Gasteiger partial charge in [-0.2, -0.15) is 0 Å². The smallest absolute Gasteiger partial charge is 0.274 e. The first-order chi connectivity index (χ1) is 12.5. The molecule has 1 N–H and O–H groups in total. The van der Waals surface area contributed by atoms with Crippen molar-refractivity contribution >= 4 is 23.2 Å². The van der Waals surface area contributed by atoms with Crippen molar-refractivity contribution in [2.75, 3.05) is 19.0 Å². The van der Waals surface area contributed by atoms with Gasteiger partial charge in [-0.15, -0.1) is 5.10 Å². The van der Waals surface area contributed by atoms with Crippen LogP contribution in [0.1, 0.15) is 21.7 Å². The standard InChI is InChI=1S/C19H20ClN5O/c1-13-18(22-23-25(13)17-9-5-7-15(20)11-17)19(26)21-12-14-6-4-8-16(10-14)24(2)3/h4-11H,12H2,1-3H3,(H,21,26). The van der Waals surface area contributed by atoms with Crippen LogP contribution < -0.4 is 10.2 Å². The maximum atomic E-state index is 12.5. The van der Waals surface area contributed by atoms with Crippen LogP contribution in [-0.2, 0) is 6.54 Å². The molecule has 6 nitrogen and oxygen atoms in total. The van der Waals surface area contributed by atoms with Crippen molar-refractivity contribution in [2.24, 2.45) is 0 Å². The Labute approximate surface area is 157 Å². The molecule has 0 bridgehead atoms. The van der Waals surface area contributed by atoms with Gasteiger partial charge in [-0.25, -0.2) is 4.68 Å². The lowest BCUT2D eigenvalue weighted by atomic mass is 10.2. The molecule has 0 atom stereocenters. The molecule has 0 saturated heterocycles. The Kier molecular flexibility index (Phi) is 5.23. The summed E-state index contributed by atoms with van der Waals surface area (Å²) in [5, 5.41) is 11.6. The fourth-order valence-corrected chi connectivity index (χ4v) is 2.79. The van der Waals surface area contributed by atoms with Gasteiger partial charge in [0.15, 0.2) is 5.69 Å². The topological polar surface area (TPSA) is 63.1 Å². The number of amides is 1. The second-order valence-corrected chi connectivity index (χ2v) is 6.60. The third kappa shape index (κ3) is 3.86. The monoisotopic (exact) mass is 369 g/mol. The molecule has 0 saturated carbocycles. The molecule has 0 fully saturated rings. The van der Waals surface area contributed by atoms with Gasteiger partial charge in [-0.3, -0.25) is 4.79 Å². The molecule has 134 valence electrons. The number of carbonyl (C=O) groups is 1. The van der Waals surface area contributed by atoms with Crippen molar-refractivity contribution in [2.45, 2.75) is 13.5 Å². The minimum absolute atomic E-state index is 0.258. The molecule has 1 aromatic heterocycles. The lowest BCUT2D eigenvalue weighted by molar-refractivity contribution is 0.0945. The molecule has 0 radical (unpaired) electrons. The zero-order chi connectivity index (χ0) is 18.7. The minimum atomic E-state index is -0.258. The van der Waals surface area contributed by atoms with E-state index in [0.717, 1.165) is 16.9 Å². The number of hydrogen-bond acceptors (Lipinski definition) is 4. The fourth-order valence-electron chi connectivity index (χ4n) is 2.60. The molecule has 0 aliphatic rings. The molecule has 0 aliphatic carbocycles. The second-order valence-electron chi connectivity index (χ2n) is 6.16. The van der Waals surface area contributed by atoms with Crippen LogP contribution in [0, 0.1) is 6.92 Å². The lowest BCUT2D eigenvalue weighted by Crippen LogP contribution is -2.24. The highest BCUT2D eigenvalue weighted by Gasteiger charge is 2.17. The summed E-state index contributed by atoms with van der Waals surface area (Å²) >= 11 is 6.02. The maximum absolute atomic E-state index is 12.5. The Morgan fingerprint density at radius 1 is 1.19 bits per heavy atom. The summed E-state index contributed by atoms with van der Waals surface area (Å²) in [6.45, 7) is 2.23. The van der Waals surface area contributed by atoms with E-state index in [4.69, 9.17) is 11.6 Å². The van der Waals surface area contributed by atoms with E-state index in [1.807, 2.05) is 62.3 Å². The molecule has 3 aromatic rings. The second kappa shape index (κ2) is 7.58. The molecule has 26 heavy (non-hydrogen) atoms. The van der Waals surface area contributed by atoms with Crippen LogP contribution in [0.4, 0.5) is 5.69 Å². The van der Waals surface area contributed by atoms with E-state index in [2.05, 4.69) is 15.6 Å². The Morgan fingerprint density at radius 2 is 1.96 bits per heavy atom. The van der Waals surface area contributed by atoms with E-state index in [1.54, 1.807) is 16.8 Å². The van der Waals surface area contributed by atoms with Crippen molar-refractivity contribution < 1.29 is 4.79 Å². The van der Waals surface area contributed by atoms with Crippen LogP contribution in [0.5, 0.6) is 0 Å². The average Bonchev–Trinajstić information content (AvgIpc) is 3.01. The predicted octanol–water partition coefficient (Wildman–Crippen LogP) is 3.23. The lowest BCUT2D eigenvalue weighted by Gasteiger charge is -2.13. The Balaban J connectivity index is 1.74. The summed E-state index contributed by atoms with van der Waals surface area (Å²) in [6.07, 6.45) is 0. The molecule has 1 heterocycles. The van der Waals surface area contributed by atoms with Crippen LogP contribution in [0.2, 0.25) is 5.02 Å². The molecule has 2 aromatic carbocycles. The number of hydrogen-bond donors (Lipinski definition) is 1. The largest absolute Gasteiger partial charge is 0.378 e. The van der Waals surface area contributed by atoms with Crippen LogP contribution in [0.3, 0.4) is 0 Å². The van der Waals surface area contributed by atoms with E-state index in [0.29, 0.717) is 23.0 Å². The highest BCUT2D eigenvalue weighted by atomic mass is 35.5. The van der Waals surface area contributed by atoms with Crippen molar-refractivity contribution in [3.05, 3.63) is 70.5 Å². The number of nitrogens with zero attached hydrogens (tertiary/aromatic N) is 4. The molecular weight excluding hydrogens is 350 g/mol. The van der Waals surface area contributed by atoms with Gasteiger partial charge in [0.25, 0.3) is 5.91 Å². The Hall–Kier alpha value is -2.86. The number of nitrogens with one attached hydrogen (secondary N) is 1. The molecule has 1 amide bonds. The third-order valence-electron chi connectivity index (χ3n) is 4.04. The van der Waals surface area contributed by atoms with E-state index >= 15 is 0 Å². The highest BCUT2D eigenvalue weighted by Crippen LogP contribution is 2.17. The van der Waals surface area contributed by atoms with E-state index in [-0.39, 0.29) is 5.91 Å². The third-order valence-corrected chi connectivity index (χ3v) is 4.28. The van der Waals surface area contributed by atoms with Gasteiger partial charge in [-0.05, 0) is 42.8 Å². The van der Waals surface area contributed by atoms with Crippen molar-refractivity contribution in [1.29, 1.82) is 0 Å². The Bertz CT molecular complexity index is 935. The molecule has 3 rings (SSSR count). The van der Waals surface area contributed by atoms with Crippen LogP contribution in [-0.4, -0.2) is 35.0 Å². The van der Waals surface area contributed by atoms with Gasteiger partial charge in [0.05, 0.1) is 11.4 Å². The molecule has 0 unspecified atom stereocenters. The number of carbonyl (C=O) groups excluding carboxylic acids is 1. The van der Waals surface area contributed by atoms with Crippen molar-refractivity contribution in [1.82, 2.24) is 20.3 Å². The first-order valence-electron chi connectivity index (χ1n) is 8.18. The molecular formula is C19H20ClN5O. The van der Waals surface area contributed by atoms with Crippen LogP contribution in [0.25, 0.3) is 5.69 Å². The Morgan fingerprint density at radius 3 is 2.69 bits per heavy atom. The van der Waals surface area contributed by atoms with Gasteiger partial charge in [0.2, 0.25) is 0 Å². The summed E-state index contributed by atoms with van der Waals surface area (Å²) in [5.41, 5.74) is 3.82. The van der Waals surface area contributed by atoms with Gasteiger partial charge in [0.1, 0.15) is 0 Å². The average molecular weight is 370 g/mol.